The number of hydrogen-bond donors (Lipinski definition) is 2. The lowest BCUT2D eigenvalue weighted by atomic mass is 9.96. The lowest BCUT2D eigenvalue weighted by molar-refractivity contribution is 0.101. The largest absolute Gasteiger partial charge is 0.308 e. The molecule has 0 radical (unpaired) electrons. The Bertz CT molecular complexity index is 512. The van der Waals surface area contributed by atoms with Gasteiger partial charge in [-0.1, -0.05) is 25.3 Å². The maximum absolute atomic E-state index is 11.7. The number of nitrogens with one attached hydrogen (secondary N) is 2. The predicted molar refractivity (Wildman–Crippen MR) is 62.9 cm³/mol. The molecule has 8 heteroatoms. The summed E-state index contributed by atoms with van der Waals surface area (Å²) in [5.74, 6) is 0.413. The quantitative estimate of drug-likeness (QED) is 0.837. The summed E-state index contributed by atoms with van der Waals surface area (Å²) in [6.07, 6.45) is 1.47. The lowest BCUT2D eigenvalue weighted by Crippen LogP contribution is -2.15. The summed E-state index contributed by atoms with van der Waals surface area (Å²) in [5.41, 5.74) is -0.169. The fraction of sp³-hybridized carbons (Fsp3) is 0.444. The summed E-state index contributed by atoms with van der Waals surface area (Å²) in [6.45, 7) is 5.97. The van der Waals surface area contributed by atoms with Crippen molar-refractivity contribution in [1.82, 2.24) is 24.8 Å². The Morgan fingerprint density at radius 3 is 2.76 bits per heavy atom. The molecule has 2 N–H and O–H groups in total. The van der Waals surface area contributed by atoms with Gasteiger partial charge in [0.25, 0.3) is 5.91 Å². The van der Waals surface area contributed by atoms with Gasteiger partial charge in [-0.2, -0.15) is 0 Å². The fourth-order valence-electron chi connectivity index (χ4n) is 1.09. The van der Waals surface area contributed by atoms with E-state index in [-0.39, 0.29) is 17.1 Å². The molecule has 0 aliphatic heterocycles. The molecule has 0 aliphatic carbocycles. The number of H-pyrrole nitrogens is 1. The van der Waals surface area contributed by atoms with Crippen LogP contribution in [0.4, 0.5) is 5.00 Å². The minimum absolute atomic E-state index is 0.114. The number of anilines is 1. The van der Waals surface area contributed by atoms with Crippen molar-refractivity contribution in [3.8, 4) is 0 Å². The average molecular weight is 252 g/mol. The highest BCUT2D eigenvalue weighted by Crippen LogP contribution is 2.17. The van der Waals surface area contributed by atoms with Gasteiger partial charge in [-0.3, -0.25) is 9.89 Å². The lowest BCUT2D eigenvalue weighted by Gasteiger charge is -2.12. The predicted octanol–water partition coefficient (Wildman–Crippen LogP) is 1.21. The van der Waals surface area contributed by atoms with Crippen LogP contribution in [-0.2, 0) is 5.41 Å². The Morgan fingerprint density at radius 2 is 2.24 bits per heavy atom. The van der Waals surface area contributed by atoms with Crippen molar-refractivity contribution >= 4 is 22.4 Å². The van der Waals surface area contributed by atoms with E-state index in [1.165, 1.54) is 6.20 Å². The van der Waals surface area contributed by atoms with Gasteiger partial charge in [-0.25, -0.2) is 4.98 Å². The molecule has 0 fully saturated rings. The number of carbonyl (C=O) groups is 1. The Labute approximate surface area is 102 Å². The summed E-state index contributed by atoms with van der Waals surface area (Å²) >= 11 is 1.10. The molecule has 17 heavy (non-hydrogen) atoms. The van der Waals surface area contributed by atoms with Crippen molar-refractivity contribution < 1.29 is 4.79 Å². The molecule has 2 heterocycles. The number of amides is 1. The number of nitrogens with zero attached hydrogens (tertiary/aromatic N) is 4. The molecular formula is C9H12N6OS. The van der Waals surface area contributed by atoms with Gasteiger partial charge >= 0.3 is 0 Å². The zero-order valence-electron chi connectivity index (χ0n) is 9.68. The van der Waals surface area contributed by atoms with Gasteiger partial charge in [0.1, 0.15) is 10.8 Å². The van der Waals surface area contributed by atoms with Gasteiger partial charge in [-0.15, -0.1) is 10.2 Å². The van der Waals surface area contributed by atoms with Crippen LogP contribution in [-0.4, -0.2) is 30.7 Å². The molecule has 0 saturated carbocycles. The molecule has 90 valence electrons. The Kier molecular flexibility index (Phi) is 2.88. The monoisotopic (exact) mass is 252 g/mol. The third-order valence-corrected chi connectivity index (χ3v) is 2.58. The SMILES string of the molecule is CC(C)(C)c1nc(C(=O)Nc2cnns2)n[nH]1. The van der Waals surface area contributed by atoms with Crippen LogP contribution >= 0.6 is 11.5 Å². The van der Waals surface area contributed by atoms with Crippen molar-refractivity contribution in [3.63, 3.8) is 0 Å². The molecule has 0 aliphatic rings. The van der Waals surface area contributed by atoms with Gasteiger partial charge in [0, 0.05) is 16.9 Å². The number of aromatic amines is 1. The summed E-state index contributed by atoms with van der Waals surface area (Å²) in [5, 5.41) is 13.4. The molecule has 0 aromatic carbocycles. The van der Waals surface area contributed by atoms with E-state index in [4.69, 9.17) is 0 Å². The van der Waals surface area contributed by atoms with Gasteiger partial charge in [0.2, 0.25) is 5.82 Å². The number of carbonyl (C=O) groups excluding carboxylic acids is 1. The summed E-state index contributed by atoms with van der Waals surface area (Å²) < 4.78 is 3.64. The van der Waals surface area contributed by atoms with Crippen LogP contribution in [0.5, 0.6) is 0 Å². The first-order chi connectivity index (χ1) is 7.97. The first kappa shape index (κ1) is 11.6. The van der Waals surface area contributed by atoms with Crippen LogP contribution < -0.4 is 5.32 Å². The number of aromatic nitrogens is 5. The highest BCUT2D eigenvalue weighted by atomic mass is 32.1. The average Bonchev–Trinajstić information content (AvgIpc) is 2.85. The smallest absolute Gasteiger partial charge is 0.296 e. The molecule has 2 aromatic heterocycles. The number of hydrogen-bond acceptors (Lipinski definition) is 6. The van der Waals surface area contributed by atoms with Crippen molar-refractivity contribution in [2.24, 2.45) is 0 Å². The molecule has 2 aromatic rings. The Balaban J connectivity index is 2.13. The van der Waals surface area contributed by atoms with E-state index in [1.54, 1.807) is 0 Å². The van der Waals surface area contributed by atoms with Gasteiger partial charge in [0.05, 0.1) is 6.20 Å². The van der Waals surface area contributed by atoms with E-state index in [2.05, 4.69) is 30.1 Å². The molecule has 0 saturated heterocycles. The van der Waals surface area contributed by atoms with Crippen LogP contribution in [0.1, 0.15) is 37.2 Å². The van der Waals surface area contributed by atoms with E-state index in [0.29, 0.717) is 10.8 Å². The zero-order valence-corrected chi connectivity index (χ0v) is 10.5. The second-order valence-corrected chi connectivity index (χ2v) is 5.28. The van der Waals surface area contributed by atoms with Crippen LogP contribution in [0.15, 0.2) is 6.20 Å². The molecule has 1 amide bonds. The maximum atomic E-state index is 11.7. The Hall–Kier alpha value is -1.83. The molecule has 2 rings (SSSR count). The van der Waals surface area contributed by atoms with E-state index in [9.17, 15) is 4.79 Å². The first-order valence-electron chi connectivity index (χ1n) is 4.98. The molecule has 0 bridgehead atoms. The molecule has 0 spiro atoms. The first-order valence-corrected chi connectivity index (χ1v) is 5.76. The van der Waals surface area contributed by atoms with E-state index in [1.807, 2.05) is 20.8 Å². The highest BCUT2D eigenvalue weighted by Gasteiger charge is 2.21. The fourth-order valence-corrected chi connectivity index (χ4v) is 1.50. The van der Waals surface area contributed by atoms with Crippen molar-refractivity contribution in [2.75, 3.05) is 5.32 Å². The van der Waals surface area contributed by atoms with E-state index < -0.39 is 0 Å². The van der Waals surface area contributed by atoms with Gasteiger partial charge in [-0.05, 0) is 0 Å². The standard InChI is InChI=1S/C9H12N6OS/c1-9(2,3)8-12-6(13-14-8)7(16)11-5-4-10-15-17-5/h4H,1-3H3,(H,11,16)(H,12,13,14). The number of rotatable bonds is 2. The highest BCUT2D eigenvalue weighted by molar-refractivity contribution is 7.10. The molecular weight excluding hydrogens is 240 g/mol. The van der Waals surface area contributed by atoms with E-state index in [0.717, 1.165) is 11.5 Å². The second kappa shape index (κ2) is 4.21. The van der Waals surface area contributed by atoms with Crippen LogP contribution in [0.2, 0.25) is 0 Å². The third-order valence-electron chi connectivity index (χ3n) is 2.00. The maximum Gasteiger partial charge on any atom is 0.296 e. The summed E-state index contributed by atoms with van der Waals surface area (Å²) in [4.78, 5) is 15.9. The third kappa shape index (κ3) is 2.64. The zero-order chi connectivity index (χ0) is 12.5. The van der Waals surface area contributed by atoms with Crippen molar-refractivity contribution in [2.45, 2.75) is 26.2 Å². The van der Waals surface area contributed by atoms with Gasteiger partial charge in [0.15, 0.2) is 0 Å². The molecule has 0 atom stereocenters. The summed E-state index contributed by atoms with van der Waals surface area (Å²) in [6, 6.07) is 0. The summed E-state index contributed by atoms with van der Waals surface area (Å²) in [7, 11) is 0. The van der Waals surface area contributed by atoms with Crippen LogP contribution in [0.3, 0.4) is 0 Å². The molecule has 7 nitrogen and oxygen atoms in total. The van der Waals surface area contributed by atoms with E-state index >= 15 is 0 Å². The molecule has 0 unspecified atom stereocenters. The Morgan fingerprint density at radius 1 is 1.47 bits per heavy atom. The van der Waals surface area contributed by atoms with Crippen LogP contribution in [0.25, 0.3) is 0 Å². The van der Waals surface area contributed by atoms with Gasteiger partial charge < -0.3 is 5.32 Å². The minimum atomic E-state index is -0.372. The minimum Gasteiger partial charge on any atom is -0.308 e. The van der Waals surface area contributed by atoms with Crippen LogP contribution in [0, 0.1) is 0 Å². The van der Waals surface area contributed by atoms with Crippen molar-refractivity contribution in [3.05, 3.63) is 17.8 Å². The van der Waals surface area contributed by atoms with Crippen molar-refractivity contribution in [1.29, 1.82) is 0 Å². The second-order valence-electron chi connectivity index (χ2n) is 4.49. The normalized spacial score (nSPS) is 11.5. The topological polar surface area (TPSA) is 96.5 Å².